The minimum atomic E-state index is -0.158. The number of furan rings is 1. The first-order chi connectivity index (χ1) is 12.6. The molecule has 0 spiro atoms. The smallest absolute Gasteiger partial charge is 0.240 e. The van der Waals surface area contributed by atoms with Gasteiger partial charge in [-0.1, -0.05) is 53.5 Å². The van der Waals surface area contributed by atoms with Crippen LogP contribution >= 0.6 is 23.2 Å². The third kappa shape index (κ3) is 4.97. The first kappa shape index (κ1) is 18.2. The molecule has 1 heterocycles. The molecule has 0 aliphatic heterocycles. The number of nitrogens with zero attached hydrogens (tertiary/aromatic N) is 1. The van der Waals surface area contributed by atoms with Gasteiger partial charge in [-0.2, -0.15) is 5.10 Å². The summed E-state index contributed by atoms with van der Waals surface area (Å²) in [5.41, 5.74) is 4.31. The summed E-state index contributed by atoms with van der Waals surface area (Å²) in [5.74, 6) is 0.920. The highest BCUT2D eigenvalue weighted by molar-refractivity contribution is 6.35. The fourth-order valence-electron chi connectivity index (χ4n) is 2.38. The number of halogens is 2. The van der Waals surface area contributed by atoms with E-state index in [1.165, 1.54) is 6.21 Å². The Hall–Kier alpha value is -2.56. The maximum atomic E-state index is 11.8. The Kier molecular flexibility index (Phi) is 6.10. The molecule has 0 fully saturated rings. The van der Waals surface area contributed by atoms with Gasteiger partial charge in [-0.15, -0.1) is 0 Å². The van der Waals surface area contributed by atoms with Crippen molar-refractivity contribution in [1.82, 2.24) is 5.43 Å². The van der Waals surface area contributed by atoms with Crippen LogP contribution in [0.4, 0.5) is 0 Å². The van der Waals surface area contributed by atoms with Crippen LogP contribution < -0.4 is 5.43 Å². The molecule has 3 rings (SSSR count). The molecule has 0 atom stereocenters. The Bertz CT molecular complexity index is 921. The van der Waals surface area contributed by atoms with Gasteiger partial charge in [0.1, 0.15) is 11.5 Å². The lowest BCUT2D eigenvalue weighted by atomic mass is 10.1. The van der Waals surface area contributed by atoms with Gasteiger partial charge in [-0.05, 0) is 42.3 Å². The first-order valence-electron chi connectivity index (χ1n) is 8.03. The van der Waals surface area contributed by atoms with Gasteiger partial charge < -0.3 is 4.42 Å². The minimum Gasteiger partial charge on any atom is -0.455 e. The average molecular weight is 387 g/mol. The van der Waals surface area contributed by atoms with Gasteiger partial charge in [0, 0.05) is 17.0 Å². The highest BCUT2D eigenvalue weighted by atomic mass is 35.5. The third-order valence-electron chi connectivity index (χ3n) is 3.69. The van der Waals surface area contributed by atoms with Crippen LogP contribution in [-0.4, -0.2) is 12.1 Å². The van der Waals surface area contributed by atoms with Crippen LogP contribution in [-0.2, 0) is 11.2 Å². The summed E-state index contributed by atoms with van der Waals surface area (Å²) in [6, 6.07) is 18.5. The molecule has 0 saturated carbocycles. The number of hydrazone groups is 1. The highest BCUT2D eigenvalue weighted by Crippen LogP contribution is 2.31. The fraction of sp³-hybridized carbons (Fsp3) is 0.100. The van der Waals surface area contributed by atoms with Crippen LogP contribution in [0.25, 0.3) is 11.3 Å². The van der Waals surface area contributed by atoms with Crippen LogP contribution in [0.5, 0.6) is 0 Å². The molecule has 1 amide bonds. The second kappa shape index (κ2) is 8.70. The Morgan fingerprint density at radius 3 is 2.69 bits per heavy atom. The van der Waals surface area contributed by atoms with Crippen molar-refractivity contribution in [3.05, 3.63) is 82.0 Å². The first-order valence-corrected chi connectivity index (χ1v) is 8.78. The number of nitrogens with one attached hydrogen (secondary N) is 1. The predicted octanol–water partition coefficient (Wildman–Crippen LogP) is 5.34. The molecule has 26 heavy (non-hydrogen) atoms. The lowest BCUT2D eigenvalue weighted by molar-refractivity contribution is -0.121. The number of aryl methyl sites for hydroxylation is 1. The van der Waals surface area contributed by atoms with Crippen molar-refractivity contribution in [3.8, 4) is 11.3 Å². The standard InChI is InChI=1S/C20H16Cl2N2O2/c21-15-7-9-18(22)17(12-15)19-10-8-16(26-19)13-23-24-20(25)11-6-14-4-2-1-3-5-14/h1-5,7-10,12-13H,6,11H2,(H,24,25)/b23-13-. The molecule has 0 radical (unpaired) electrons. The van der Waals surface area contributed by atoms with Crippen LogP contribution in [0.15, 0.2) is 70.2 Å². The number of rotatable bonds is 6. The topological polar surface area (TPSA) is 54.6 Å². The Morgan fingerprint density at radius 2 is 1.88 bits per heavy atom. The third-order valence-corrected chi connectivity index (χ3v) is 4.25. The minimum absolute atomic E-state index is 0.158. The maximum absolute atomic E-state index is 11.8. The molecular formula is C20H16Cl2N2O2. The van der Waals surface area contributed by atoms with Crippen molar-refractivity contribution < 1.29 is 9.21 Å². The summed E-state index contributed by atoms with van der Waals surface area (Å²) in [6.45, 7) is 0. The number of benzene rings is 2. The quantitative estimate of drug-likeness (QED) is 0.459. The zero-order valence-electron chi connectivity index (χ0n) is 13.8. The summed E-state index contributed by atoms with van der Waals surface area (Å²) in [7, 11) is 0. The van der Waals surface area contributed by atoms with Crippen molar-refractivity contribution in [2.45, 2.75) is 12.8 Å². The van der Waals surface area contributed by atoms with Gasteiger partial charge in [-0.25, -0.2) is 5.43 Å². The van der Waals surface area contributed by atoms with Crippen LogP contribution in [0.1, 0.15) is 17.7 Å². The molecule has 0 saturated heterocycles. The normalized spacial score (nSPS) is 11.0. The van der Waals surface area contributed by atoms with E-state index >= 15 is 0 Å². The molecule has 4 nitrogen and oxygen atoms in total. The van der Waals surface area contributed by atoms with Crippen molar-refractivity contribution in [2.75, 3.05) is 0 Å². The molecule has 3 aromatic rings. The average Bonchev–Trinajstić information content (AvgIpc) is 3.11. The summed E-state index contributed by atoms with van der Waals surface area (Å²) in [6.07, 6.45) is 2.48. The van der Waals surface area contributed by atoms with Gasteiger partial charge in [0.05, 0.1) is 11.2 Å². The maximum Gasteiger partial charge on any atom is 0.240 e. The van der Waals surface area contributed by atoms with Crippen molar-refractivity contribution in [2.24, 2.45) is 5.10 Å². The summed E-state index contributed by atoms with van der Waals surface area (Å²) in [5, 5.41) is 5.04. The zero-order chi connectivity index (χ0) is 18.4. The van der Waals surface area contributed by atoms with E-state index in [1.54, 1.807) is 30.3 Å². The fourth-order valence-corrected chi connectivity index (χ4v) is 2.76. The van der Waals surface area contributed by atoms with E-state index in [0.29, 0.717) is 40.0 Å². The Labute approximate surface area is 161 Å². The second-order valence-electron chi connectivity index (χ2n) is 5.60. The zero-order valence-corrected chi connectivity index (χ0v) is 15.3. The molecular weight excluding hydrogens is 371 g/mol. The summed E-state index contributed by atoms with van der Waals surface area (Å²) < 4.78 is 5.67. The van der Waals surface area contributed by atoms with Gasteiger partial charge in [0.15, 0.2) is 0 Å². The lowest BCUT2D eigenvalue weighted by Gasteiger charge is -2.01. The monoisotopic (exact) mass is 386 g/mol. The summed E-state index contributed by atoms with van der Waals surface area (Å²) in [4.78, 5) is 11.8. The van der Waals surface area contributed by atoms with Crippen molar-refractivity contribution in [3.63, 3.8) is 0 Å². The van der Waals surface area contributed by atoms with E-state index in [9.17, 15) is 4.79 Å². The molecule has 0 aliphatic carbocycles. The Morgan fingerprint density at radius 1 is 1.08 bits per heavy atom. The molecule has 1 N–H and O–H groups in total. The molecule has 2 aromatic carbocycles. The molecule has 132 valence electrons. The van der Waals surface area contributed by atoms with E-state index in [-0.39, 0.29) is 5.91 Å². The Balaban J connectivity index is 1.55. The highest BCUT2D eigenvalue weighted by Gasteiger charge is 2.09. The number of hydrogen-bond acceptors (Lipinski definition) is 3. The van der Waals surface area contributed by atoms with E-state index in [1.807, 2.05) is 30.3 Å². The predicted molar refractivity (Wildman–Crippen MR) is 105 cm³/mol. The molecule has 1 aromatic heterocycles. The van der Waals surface area contributed by atoms with E-state index < -0.39 is 0 Å². The lowest BCUT2D eigenvalue weighted by Crippen LogP contribution is -2.17. The van der Waals surface area contributed by atoms with Gasteiger partial charge in [0.2, 0.25) is 5.91 Å². The van der Waals surface area contributed by atoms with Gasteiger partial charge in [0.25, 0.3) is 0 Å². The van der Waals surface area contributed by atoms with E-state index in [4.69, 9.17) is 27.6 Å². The van der Waals surface area contributed by atoms with Crippen molar-refractivity contribution in [1.29, 1.82) is 0 Å². The van der Waals surface area contributed by atoms with E-state index in [2.05, 4.69) is 10.5 Å². The van der Waals surface area contributed by atoms with Gasteiger partial charge in [-0.3, -0.25) is 4.79 Å². The van der Waals surface area contributed by atoms with Crippen LogP contribution in [0, 0.1) is 0 Å². The molecule has 0 aliphatic rings. The second-order valence-corrected chi connectivity index (χ2v) is 6.45. The largest absolute Gasteiger partial charge is 0.455 e. The van der Waals surface area contributed by atoms with Gasteiger partial charge >= 0.3 is 0 Å². The molecule has 6 heteroatoms. The number of carbonyl (C=O) groups excluding carboxylic acids is 1. The SMILES string of the molecule is O=C(CCc1ccccc1)N/N=C\c1ccc(-c2cc(Cl)ccc2Cl)o1. The van der Waals surface area contributed by atoms with Crippen LogP contribution in [0.2, 0.25) is 10.0 Å². The molecule has 0 unspecified atom stereocenters. The van der Waals surface area contributed by atoms with Crippen LogP contribution in [0.3, 0.4) is 0 Å². The molecule has 0 bridgehead atoms. The van der Waals surface area contributed by atoms with Crippen molar-refractivity contribution >= 4 is 35.3 Å². The number of hydrogen-bond donors (Lipinski definition) is 1. The summed E-state index contributed by atoms with van der Waals surface area (Å²) >= 11 is 12.2. The van der Waals surface area contributed by atoms with E-state index in [0.717, 1.165) is 5.56 Å². The number of amides is 1. The number of carbonyl (C=O) groups is 1.